The summed E-state index contributed by atoms with van der Waals surface area (Å²) in [4.78, 5) is 6.85. The molecule has 3 aromatic rings. The van der Waals surface area contributed by atoms with E-state index in [0.717, 1.165) is 61.9 Å². The quantitative estimate of drug-likeness (QED) is 0.488. The molecule has 0 aliphatic carbocycles. The van der Waals surface area contributed by atoms with Crippen molar-refractivity contribution in [2.75, 3.05) is 37.7 Å². The van der Waals surface area contributed by atoms with E-state index in [-0.39, 0.29) is 0 Å². The summed E-state index contributed by atoms with van der Waals surface area (Å²) in [5.41, 5.74) is 3.27. The average Bonchev–Trinajstić information content (AvgIpc) is 3.53. The number of ether oxygens (including phenoxy) is 2. The van der Waals surface area contributed by atoms with Crippen LogP contribution in [0.25, 0.3) is 11.0 Å². The summed E-state index contributed by atoms with van der Waals surface area (Å²) in [6.45, 7) is 5.41. The Balaban J connectivity index is 1.03. The number of nitrogens with one attached hydrogen (secondary N) is 1. The highest BCUT2D eigenvalue weighted by Crippen LogP contribution is 2.27. The summed E-state index contributed by atoms with van der Waals surface area (Å²) >= 11 is 0. The van der Waals surface area contributed by atoms with Crippen LogP contribution in [0.15, 0.2) is 53.4 Å². The molecule has 2 aromatic heterocycles. The lowest BCUT2D eigenvalue weighted by Gasteiger charge is -2.33. The standard InChI is InChI=1S/C26H33N3O3/c1-2-23(28-9-1)19-32-25-15-24(16-27-17-25)29-10-5-20(6-11-29)7-12-30-18-21-3-4-22-8-13-31-26(22)14-21/h3-4,8,13-17,20,23,28H,1-2,5-7,9-12,18-19H2. The van der Waals surface area contributed by atoms with Gasteiger partial charge in [-0.3, -0.25) is 4.98 Å². The van der Waals surface area contributed by atoms with E-state index < -0.39 is 0 Å². The smallest absolute Gasteiger partial charge is 0.139 e. The topological polar surface area (TPSA) is 59.8 Å². The maximum absolute atomic E-state index is 5.99. The molecule has 2 aliphatic rings. The molecule has 0 saturated carbocycles. The summed E-state index contributed by atoms with van der Waals surface area (Å²) in [5, 5.41) is 4.61. The molecule has 6 heteroatoms. The molecule has 2 aliphatic heterocycles. The Labute approximate surface area is 189 Å². The Kier molecular flexibility index (Phi) is 6.89. The highest BCUT2D eigenvalue weighted by Gasteiger charge is 2.20. The molecule has 0 bridgehead atoms. The Morgan fingerprint density at radius 3 is 2.91 bits per heavy atom. The molecule has 0 spiro atoms. The van der Waals surface area contributed by atoms with Crippen molar-refractivity contribution >= 4 is 16.7 Å². The third kappa shape index (κ3) is 5.43. The molecule has 1 N–H and O–H groups in total. The third-order valence-electron chi connectivity index (χ3n) is 6.75. The van der Waals surface area contributed by atoms with Gasteiger partial charge in [-0.05, 0) is 62.3 Å². The second-order valence-electron chi connectivity index (χ2n) is 9.05. The fourth-order valence-corrected chi connectivity index (χ4v) is 4.76. The number of pyridine rings is 1. The zero-order valence-corrected chi connectivity index (χ0v) is 18.7. The van der Waals surface area contributed by atoms with E-state index in [1.165, 1.54) is 36.9 Å². The normalized spacial score (nSPS) is 19.6. The number of piperidine rings is 1. The van der Waals surface area contributed by atoms with Gasteiger partial charge in [0.15, 0.2) is 0 Å². The maximum Gasteiger partial charge on any atom is 0.139 e. The van der Waals surface area contributed by atoms with Gasteiger partial charge < -0.3 is 24.1 Å². The molecular formula is C26H33N3O3. The lowest BCUT2D eigenvalue weighted by atomic mass is 9.94. The van der Waals surface area contributed by atoms with Crippen LogP contribution in [0.4, 0.5) is 5.69 Å². The van der Waals surface area contributed by atoms with Gasteiger partial charge in [0.05, 0.1) is 31.0 Å². The van der Waals surface area contributed by atoms with Gasteiger partial charge in [0, 0.05) is 37.2 Å². The summed E-state index contributed by atoms with van der Waals surface area (Å²) in [6.07, 6.45) is 11.5. The zero-order valence-electron chi connectivity index (χ0n) is 18.7. The Hall–Kier alpha value is -2.57. The lowest BCUT2D eigenvalue weighted by molar-refractivity contribution is 0.104. The van der Waals surface area contributed by atoms with Gasteiger partial charge in [-0.2, -0.15) is 0 Å². The first kappa shape index (κ1) is 21.3. The first-order valence-electron chi connectivity index (χ1n) is 11.9. The Morgan fingerprint density at radius 2 is 2.03 bits per heavy atom. The van der Waals surface area contributed by atoms with Crippen molar-refractivity contribution in [3.05, 3.63) is 54.6 Å². The number of fused-ring (bicyclic) bond motifs is 1. The molecule has 0 amide bonds. The predicted octanol–water partition coefficient (Wildman–Crippen LogP) is 4.78. The van der Waals surface area contributed by atoms with Crippen LogP contribution in [-0.2, 0) is 11.3 Å². The second-order valence-corrected chi connectivity index (χ2v) is 9.05. The SMILES string of the molecule is c1cc2ccc(COCCC3CCN(c4cncc(OCC5CCCN5)c4)CC3)cc2o1. The molecule has 1 atom stereocenters. The van der Waals surface area contributed by atoms with E-state index in [0.29, 0.717) is 12.6 Å². The molecule has 1 unspecified atom stereocenters. The highest BCUT2D eigenvalue weighted by atomic mass is 16.5. The van der Waals surface area contributed by atoms with Gasteiger partial charge in [-0.25, -0.2) is 0 Å². The van der Waals surface area contributed by atoms with Crippen LogP contribution in [0.1, 0.15) is 37.7 Å². The van der Waals surface area contributed by atoms with Crippen LogP contribution in [0.5, 0.6) is 5.75 Å². The molecule has 6 nitrogen and oxygen atoms in total. The van der Waals surface area contributed by atoms with Crippen molar-refractivity contribution in [1.29, 1.82) is 0 Å². The van der Waals surface area contributed by atoms with Gasteiger partial charge in [-0.15, -0.1) is 0 Å². The average molecular weight is 436 g/mol. The molecule has 2 fully saturated rings. The molecule has 32 heavy (non-hydrogen) atoms. The van der Waals surface area contributed by atoms with Gasteiger partial charge >= 0.3 is 0 Å². The van der Waals surface area contributed by atoms with E-state index in [2.05, 4.69) is 39.5 Å². The minimum absolute atomic E-state index is 0.477. The summed E-state index contributed by atoms with van der Waals surface area (Å²) in [7, 11) is 0. The number of furan rings is 1. The molecule has 0 radical (unpaired) electrons. The van der Waals surface area contributed by atoms with Crippen LogP contribution in [0.3, 0.4) is 0 Å². The Bertz CT molecular complexity index is 991. The molecule has 170 valence electrons. The van der Waals surface area contributed by atoms with Crippen molar-refractivity contribution in [3.8, 4) is 5.75 Å². The van der Waals surface area contributed by atoms with Gasteiger partial charge in [0.2, 0.25) is 0 Å². The molecule has 4 heterocycles. The summed E-state index contributed by atoms with van der Waals surface area (Å²) < 4.78 is 17.4. The minimum Gasteiger partial charge on any atom is -0.490 e. The van der Waals surface area contributed by atoms with Crippen molar-refractivity contribution in [2.24, 2.45) is 5.92 Å². The van der Waals surface area contributed by atoms with E-state index >= 15 is 0 Å². The first-order valence-corrected chi connectivity index (χ1v) is 11.9. The minimum atomic E-state index is 0.477. The third-order valence-corrected chi connectivity index (χ3v) is 6.75. The number of nitrogens with zero attached hydrogens (tertiary/aromatic N) is 2. The number of rotatable bonds is 9. The molecule has 5 rings (SSSR count). The van der Waals surface area contributed by atoms with Gasteiger partial charge in [0.1, 0.15) is 17.9 Å². The van der Waals surface area contributed by atoms with E-state index in [4.69, 9.17) is 13.9 Å². The van der Waals surface area contributed by atoms with Crippen molar-refractivity contribution in [2.45, 2.75) is 44.8 Å². The van der Waals surface area contributed by atoms with Crippen LogP contribution >= 0.6 is 0 Å². The number of hydrogen-bond acceptors (Lipinski definition) is 6. The summed E-state index contributed by atoms with van der Waals surface area (Å²) in [5.74, 6) is 1.60. The zero-order chi connectivity index (χ0) is 21.6. The predicted molar refractivity (Wildman–Crippen MR) is 126 cm³/mol. The molecular weight excluding hydrogens is 402 g/mol. The van der Waals surface area contributed by atoms with E-state index in [9.17, 15) is 0 Å². The van der Waals surface area contributed by atoms with Crippen molar-refractivity contribution in [1.82, 2.24) is 10.3 Å². The van der Waals surface area contributed by atoms with Crippen molar-refractivity contribution in [3.63, 3.8) is 0 Å². The number of hydrogen-bond donors (Lipinski definition) is 1. The highest BCUT2D eigenvalue weighted by molar-refractivity contribution is 5.77. The van der Waals surface area contributed by atoms with Crippen LogP contribution in [0, 0.1) is 5.92 Å². The first-order chi connectivity index (χ1) is 15.8. The molecule has 2 saturated heterocycles. The maximum atomic E-state index is 5.99. The Morgan fingerprint density at radius 1 is 1.09 bits per heavy atom. The monoisotopic (exact) mass is 435 g/mol. The van der Waals surface area contributed by atoms with Crippen LogP contribution in [-0.4, -0.2) is 43.9 Å². The molecule has 1 aromatic carbocycles. The fraction of sp³-hybridized carbons (Fsp3) is 0.500. The number of aromatic nitrogens is 1. The van der Waals surface area contributed by atoms with Crippen LogP contribution < -0.4 is 15.0 Å². The van der Waals surface area contributed by atoms with Crippen LogP contribution in [0.2, 0.25) is 0 Å². The van der Waals surface area contributed by atoms with E-state index in [1.54, 1.807) is 6.26 Å². The van der Waals surface area contributed by atoms with Gasteiger partial charge in [0.25, 0.3) is 0 Å². The lowest BCUT2D eigenvalue weighted by Crippen LogP contribution is -2.34. The van der Waals surface area contributed by atoms with Crippen molar-refractivity contribution < 1.29 is 13.9 Å². The summed E-state index contributed by atoms with van der Waals surface area (Å²) in [6, 6.07) is 10.9. The number of benzene rings is 1. The largest absolute Gasteiger partial charge is 0.490 e. The second kappa shape index (κ2) is 10.4. The fourth-order valence-electron chi connectivity index (χ4n) is 4.76. The van der Waals surface area contributed by atoms with Gasteiger partial charge in [-0.1, -0.05) is 12.1 Å². The van der Waals surface area contributed by atoms with E-state index in [1.807, 2.05) is 18.5 Å². The number of anilines is 1.